The molecule has 0 aliphatic carbocycles. The minimum Gasteiger partial charge on any atom is -0.489 e. The summed E-state index contributed by atoms with van der Waals surface area (Å²) in [5.41, 5.74) is 2.02. The number of amides is 3. The van der Waals surface area contributed by atoms with E-state index in [2.05, 4.69) is 20.6 Å². The number of anilines is 3. The van der Waals surface area contributed by atoms with Gasteiger partial charge in [0, 0.05) is 31.2 Å². The maximum absolute atomic E-state index is 12.9. The van der Waals surface area contributed by atoms with Gasteiger partial charge in [0.15, 0.2) is 0 Å². The Bertz CT molecular complexity index is 1580. The minimum atomic E-state index is -0.830. The lowest BCUT2D eigenvalue weighted by Gasteiger charge is -2.26. The van der Waals surface area contributed by atoms with E-state index in [1.54, 1.807) is 66.6 Å². The third-order valence-corrected chi connectivity index (χ3v) is 6.37. The van der Waals surface area contributed by atoms with Gasteiger partial charge in [-0.25, -0.2) is 9.78 Å². The zero-order valence-electron chi connectivity index (χ0n) is 22.5. The van der Waals surface area contributed by atoms with Gasteiger partial charge in [0.05, 0.1) is 23.8 Å². The van der Waals surface area contributed by atoms with E-state index < -0.39 is 12.0 Å². The van der Waals surface area contributed by atoms with Crippen molar-refractivity contribution in [1.29, 1.82) is 0 Å². The van der Waals surface area contributed by atoms with Crippen LogP contribution in [-0.4, -0.2) is 72.5 Å². The van der Waals surface area contributed by atoms with Crippen molar-refractivity contribution in [2.75, 3.05) is 55.6 Å². The van der Waals surface area contributed by atoms with Crippen molar-refractivity contribution in [3.05, 3.63) is 65.8 Å². The Labute approximate surface area is 245 Å². The first-order valence-corrected chi connectivity index (χ1v) is 13.3. The molecule has 0 unspecified atom stereocenters. The average molecular weight is 595 g/mol. The number of nitrogens with one attached hydrogen (secondary N) is 2. The average Bonchev–Trinajstić information content (AvgIpc) is 3.32. The van der Waals surface area contributed by atoms with Crippen LogP contribution >= 0.6 is 11.6 Å². The maximum atomic E-state index is 12.9. The van der Waals surface area contributed by atoms with E-state index in [1.807, 2.05) is 0 Å². The Morgan fingerprint density at radius 3 is 2.64 bits per heavy atom. The van der Waals surface area contributed by atoms with Gasteiger partial charge in [-0.3, -0.25) is 19.5 Å². The molecule has 0 spiro atoms. The van der Waals surface area contributed by atoms with E-state index >= 15 is 0 Å². The van der Waals surface area contributed by atoms with Crippen LogP contribution in [0.5, 0.6) is 11.8 Å². The number of benzene rings is 2. The largest absolute Gasteiger partial charge is 0.489 e. The number of carbonyl (C=O) groups is 3. The third-order valence-electron chi connectivity index (χ3n) is 6.14. The van der Waals surface area contributed by atoms with Gasteiger partial charge < -0.3 is 29.2 Å². The third kappa shape index (κ3) is 6.94. The van der Waals surface area contributed by atoms with Crippen LogP contribution < -0.4 is 25.0 Å². The predicted molar refractivity (Wildman–Crippen MR) is 154 cm³/mol. The summed E-state index contributed by atoms with van der Waals surface area (Å²) in [6.07, 6.45) is 0.584. The first kappa shape index (κ1) is 28.8. The first-order chi connectivity index (χ1) is 20.4. The molecule has 1 aliphatic heterocycles. The lowest BCUT2D eigenvalue weighted by atomic mass is 10.2. The van der Waals surface area contributed by atoms with E-state index in [-0.39, 0.29) is 31.7 Å². The maximum Gasteiger partial charge on any atom is 0.419 e. The number of carbonyl (C=O) groups excluding carboxylic acids is 3. The van der Waals surface area contributed by atoms with Gasteiger partial charge in [-0.05, 0) is 48.5 Å². The fourth-order valence-corrected chi connectivity index (χ4v) is 4.31. The number of morpholine rings is 1. The highest BCUT2D eigenvalue weighted by molar-refractivity contribution is 6.30. The fourth-order valence-electron chi connectivity index (χ4n) is 4.20. The standard InChI is InChI=1S/C28H27ClN6O7/c1-39-13-14-41-22-4-2-3-21-26(22)33-27(35(21)16-24(36)32-23-10-5-18(29)15-30-23)42-28(38)31-19-6-8-20(9-7-19)34-11-12-40-17-25(34)37/h2-10,15H,11-14,16-17H2,1H3,(H,31,38)(H,30,32,36). The lowest BCUT2D eigenvalue weighted by molar-refractivity contribution is -0.125. The van der Waals surface area contributed by atoms with Crippen molar-refractivity contribution in [3.63, 3.8) is 0 Å². The molecule has 218 valence electrons. The number of rotatable bonds is 10. The summed E-state index contributed by atoms with van der Waals surface area (Å²) in [5, 5.41) is 5.76. The molecular weight excluding hydrogens is 568 g/mol. The molecule has 2 aromatic heterocycles. The molecule has 5 rings (SSSR count). The number of hydrogen-bond acceptors (Lipinski definition) is 9. The summed E-state index contributed by atoms with van der Waals surface area (Å²) >= 11 is 5.88. The van der Waals surface area contributed by atoms with Gasteiger partial charge in [-0.1, -0.05) is 17.7 Å². The Morgan fingerprint density at radius 1 is 1.07 bits per heavy atom. The predicted octanol–water partition coefficient (Wildman–Crippen LogP) is 3.72. The second kappa shape index (κ2) is 13.3. The molecule has 1 saturated heterocycles. The number of pyridine rings is 1. The molecular formula is C28H27ClN6O7. The molecule has 3 amide bonds. The van der Waals surface area contributed by atoms with Gasteiger partial charge in [-0.2, -0.15) is 4.98 Å². The zero-order valence-corrected chi connectivity index (χ0v) is 23.3. The lowest BCUT2D eigenvalue weighted by Crippen LogP contribution is -2.41. The molecule has 13 nitrogen and oxygen atoms in total. The van der Waals surface area contributed by atoms with Crippen LogP contribution in [0.4, 0.5) is 22.0 Å². The highest BCUT2D eigenvalue weighted by Crippen LogP contribution is 2.30. The molecule has 2 aromatic carbocycles. The van der Waals surface area contributed by atoms with E-state index in [0.29, 0.717) is 58.8 Å². The van der Waals surface area contributed by atoms with Crippen LogP contribution in [0.15, 0.2) is 60.8 Å². The Morgan fingerprint density at radius 2 is 1.90 bits per heavy atom. The van der Waals surface area contributed by atoms with Gasteiger partial charge in [0.1, 0.15) is 36.8 Å². The van der Waals surface area contributed by atoms with E-state index in [9.17, 15) is 14.4 Å². The summed E-state index contributed by atoms with van der Waals surface area (Å²) in [5.74, 6) is 0.163. The Balaban J connectivity index is 1.35. The van der Waals surface area contributed by atoms with Crippen LogP contribution in [0.25, 0.3) is 11.0 Å². The molecule has 1 fully saturated rings. The van der Waals surface area contributed by atoms with Crippen LogP contribution in [0.3, 0.4) is 0 Å². The van der Waals surface area contributed by atoms with Gasteiger partial charge in [-0.15, -0.1) is 0 Å². The molecule has 0 atom stereocenters. The summed E-state index contributed by atoms with van der Waals surface area (Å²) in [7, 11) is 1.56. The van der Waals surface area contributed by atoms with Crippen molar-refractivity contribution >= 4 is 57.7 Å². The number of nitrogens with zero attached hydrogens (tertiary/aromatic N) is 4. The number of methoxy groups -OCH3 is 1. The SMILES string of the molecule is COCCOc1cccc2c1nc(OC(=O)Nc1ccc(N3CCOCC3=O)cc1)n2CC(=O)Nc1ccc(Cl)cn1. The fraction of sp³-hybridized carbons (Fsp3) is 0.250. The van der Waals surface area contributed by atoms with Crippen LogP contribution in [0.1, 0.15) is 0 Å². The molecule has 2 N–H and O–H groups in total. The molecule has 42 heavy (non-hydrogen) atoms. The van der Waals surface area contributed by atoms with Crippen LogP contribution in [0.2, 0.25) is 5.02 Å². The van der Waals surface area contributed by atoms with Gasteiger partial charge >= 0.3 is 12.1 Å². The first-order valence-electron chi connectivity index (χ1n) is 12.9. The number of imidazole rings is 1. The smallest absolute Gasteiger partial charge is 0.419 e. The molecule has 0 radical (unpaired) electrons. The number of hydrogen-bond donors (Lipinski definition) is 2. The van der Waals surface area contributed by atoms with Gasteiger partial charge in [0.25, 0.3) is 5.91 Å². The number of para-hydroxylation sites is 1. The highest BCUT2D eigenvalue weighted by atomic mass is 35.5. The van der Waals surface area contributed by atoms with Crippen molar-refractivity contribution in [1.82, 2.24) is 14.5 Å². The monoisotopic (exact) mass is 594 g/mol. The Hall–Kier alpha value is -4.72. The molecule has 4 aromatic rings. The quantitative estimate of drug-likeness (QED) is 0.262. The number of aromatic nitrogens is 3. The van der Waals surface area contributed by atoms with Crippen molar-refractivity contribution in [2.45, 2.75) is 6.54 Å². The van der Waals surface area contributed by atoms with Crippen LogP contribution in [0, 0.1) is 0 Å². The molecule has 0 saturated carbocycles. The van der Waals surface area contributed by atoms with Crippen molar-refractivity contribution < 1.29 is 33.3 Å². The zero-order chi connectivity index (χ0) is 29.5. The second-order valence-corrected chi connectivity index (χ2v) is 9.45. The molecule has 14 heteroatoms. The van der Waals surface area contributed by atoms with Gasteiger partial charge in [0.2, 0.25) is 5.91 Å². The summed E-state index contributed by atoms with van der Waals surface area (Å²) in [6.45, 7) is 1.31. The molecule has 3 heterocycles. The van der Waals surface area contributed by atoms with E-state index in [0.717, 1.165) is 0 Å². The van der Waals surface area contributed by atoms with Crippen molar-refractivity contribution in [2.24, 2.45) is 0 Å². The topological polar surface area (TPSA) is 146 Å². The summed E-state index contributed by atoms with van der Waals surface area (Å²) in [6, 6.07) is 15.0. The molecule has 0 bridgehead atoms. The normalized spacial score (nSPS) is 13.2. The van der Waals surface area contributed by atoms with Crippen molar-refractivity contribution in [3.8, 4) is 11.8 Å². The highest BCUT2D eigenvalue weighted by Gasteiger charge is 2.22. The number of fused-ring (bicyclic) bond motifs is 1. The van der Waals surface area contributed by atoms with E-state index in [1.165, 1.54) is 10.8 Å². The van der Waals surface area contributed by atoms with E-state index in [4.69, 9.17) is 30.5 Å². The summed E-state index contributed by atoms with van der Waals surface area (Å²) in [4.78, 5) is 48.1. The minimum absolute atomic E-state index is 0.0285. The molecule has 1 aliphatic rings. The number of halogens is 1. The second-order valence-electron chi connectivity index (χ2n) is 9.01. The Kier molecular flexibility index (Phi) is 9.12. The summed E-state index contributed by atoms with van der Waals surface area (Å²) < 4.78 is 23.0. The number of ether oxygens (including phenoxy) is 4. The van der Waals surface area contributed by atoms with Crippen LogP contribution in [-0.2, 0) is 25.6 Å².